The Labute approximate surface area is 203 Å². The van der Waals surface area contributed by atoms with Crippen molar-refractivity contribution in [3.05, 3.63) is 77.7 Å². The van der Waals surface area contributed by atoms with Gasteiger partial charge in [0.05, 0.1) is 17.4 Å². The average Bonchev–Trinajstić information content (AvgIpc) is 3.46. The minimum Gasteiger partial charge on any atom is -0.384 e. The molecule has 4 aromatic rings. The molecule has 0 aliphatic carbocycles. The van der Waals surface area contributed by atoms with E-state index in [1.54, 1.807) is 6.20 Å². The number of hydrazine groups is 1. The fraction of sp³-hybridized carbons (Fsp3) is 0.296. The molecule has 0 bridgehead atoms. The van der Waals surface area contributed by atoms with Crippen LogP contribution in [-0.4, -0.2) is 39.6 Å². The molecule has 7 rings (SSSR count). The maximum absolute atomic E-state index is 6.05. The second-order valence-electron chi connectivity index (χ2n) is 9.86. The van der Waals surface area contributed by atoms with E-state index < -0.39 is 0 Å². The minimum atomic E-state index is -0.114. The van der Waals surface area contributed by atoms with Crippen LogP contribution in [-0.2, 0) is 11.8 Å². The number of hydrogen-bond acceptors (Lipinski definition) is 8. The fourth-order valence-corrected chi connectivity index (χ4v) is 5.68. The first-order valence-electron chi connectivity index (χ1n) is 12.2. The summed E-state index contributed by atoms with van der Waals surface area (Å²) in [7, 11) is 0. The van der Waals surface area contributed by atoms with Crippen molar-refractivity contribution in [3.8, 4) is 11.4 Å². The second kappa shape index (κ2) is 7.90. The predicted octanol–water partition coefficient (Wildman–Crippen LogP) is 4.71. The van der Waals surface area contributed by atoms with Gasteiger partial charge in [-0.1, -0.05) is 12.1 Å². The largest absolute Gasteiger partial charge is 0.384 e. The van der Waals surface area contributed by atoms with Gasteiger partial charge >= 0.3 is 0 Å². The third-order valence-electron chi connectivity index (χ3n) is 7.74. The van der Waals surface area contributed by atoms with Crippen LogP contribution < -0.4 is 11.2 Å². The van der Waals surface area contributed by atoms with Crippen LogP contribution in [0.4, 0.5) is 11.4 Å². The molecule has 2 aromatic carbocycles. The lowest BCUT2D eigenvalue weighted by Crippen LogP contribution is -2.46. The molecule has 1 unspecified atom stereocenters. The zero-order chi connectivity index (χ0) is 23.4. The van der Waals surface area contributed by atoms with Crippen molar-refractivity contribution >= 4 is 22.3 Å². The molecule has 3 aliphatic rings. The lowest BCUT2D eigenvalue weighted by molar-refractivity contribution is 0.171. The van der Waals surface area contributed by atoms with Crippen molar-refractivity contribution in [2.75, 3.05) is 25.0 Å². The Morgan fingerprint density at radius 2 is 1.97 bits per heavy atom. The number of azo groups is 1. The van der Waals surface area contributed by atoms with Crippen LogP contribution in [0.5, 0.6) is 0 Å². The number of hydrogen-bond donors (Lipinski definition) is 2. The monoisotopic (exact) mass is 462 g/mol. The second-order valence-corrected chi connectivity index (χ2v) is 9.86. The highest BCUT2D eigenvalue weighted by Crippen LogP contribution is 2.45. The molecule has 1 atom stereocenters. The van der Waals surface area contributed by atoms with Crippen LogP contribution in [0.15, 0.2) is 71.2 Å². The number of benzene rings is 2. The van der Waals surface area contributed by atoms with Gasteiger partial charge in [0.2, 0.25) is 0 Å². The molecular formula is C27H26N8. The smallest absolute Gasteiger partial charge is 0.159 e. The first-order chi connectivity index (χ1) is 17.2. The Bertz CT molecular complexity index is 1470. The molecule has 1 fully saturated rings. The van der Waals surface area contributed by atoms with Gasteiger partial charge in [-0.05, 0) is 60.4 Å². The molecule has 174 valence electrons. The van der Waals surface area contributed by atoms with Gasteiger partial charge in [-0.25, -0.2) is 15.0 Å². The predicted molar refractivity (Wildman–Crippen MR) is 135 cm³/mol. The molecule has 5 heterocycles. The Morgan fingerprint density at radius 1 is 1.06 bits per heavy atom. The quantitative estimate of drug-likeness (QED) is 0.428. The third kappa shape index (κ3) is 3.48. The number of nitrogens with zero attached hydrogens (tertiary/aromatic N) is 6. The molecule has 3 N–H and O–H groups in total. The summed E-state index contributed by atoms with van der Waals surface area (Å²) in [5.41, 5.74) is 7.59. The molecule has 0 radical (unpaired) electrons. The molecule has 8 nitrogen and oxygen atoms in total. The Kier molecular flexibility index (Phi) is 4.65. The maximum atomic E-state index is 6.05. The van der Waals surface area contributed by atoms with Crippen LogP contribution in [0.25, 0.3) is 22.3 Å². The number of pyridine rings is 1. The molecule has 1 spiro atoms. The standard InChI is InChI=1S/C27H26N8/c28-35-10-7-27(8-11-35)16-31-22-6-4-19(14-20(22)27)26-30-15-24-25(32-26)23(33-34-24)13-17-3-5-21-18(12-17)2-1-9-29-21/h1-6,9,12,14-15,23,31H,7-8,10-11,13,16,28H2. The van der Waals surface area contributed by atoms with E-state index in [0.717, 1.165) is 72.6 Å². The third-order valence-corrected chi connectivity index (χ3v) is 7.74. The van der Waals surface area contributed by atoms with Gasteiger partial charge in [0, 0.05) is 54.3 Å². The number of piperidine rings is 1. The van der Waals surface area contributed by atoms with E-state index in [-0.39, 0.29) is 11.5 Å². The van der Waals surface area contributed by atoms with Crippen LogP contribution in [0.1, 0.15) is 35.7 Å². The SMILES string of the molecule is NN1CCC2(CC1)CNc1ccc(-c3ncc4c(n3)C(Cc3ccc5ncccc5c3)N=N4)cc12. The van der Waals surface area contributed by atoms with Crippen LogP contribution >= 0.6 is 0 Å². The molecule has 1 saturated heterocycles. The number of nitrogens with two attached hydrogens (primary N) is 1. The van der Waals surface area contributed by atoms with Crippen LogP contribution in [0, 0.1) is 0 Å². The summed E-state index contributed by atoms with van der Waals surface area (Å²) in [4.78, 5) is 14.0. The first-order valence-corrected chi connectivity index (χ1v) is 12.2. The average molecular weight is 463 g/mol. The van der Waals surface area contributed by atoms with E-state index in [1.807, 2.05) is 17.3 Å². The number of anilines is 1. The number of rotatable bonds is 3. The number of aromatic nitrogens is 3. The number of nitrogens with one attached hydrogen (secondary N) is 1. The van der Waals surface area contributed by atoms with E-state index in [2.05, 4.69) is 68.0 Å². The molecule has 35 heavy (non-hydrogen) atoms. The summed E-state index contributed by atoms with van der Waals surface area (Å²) in [5.74, 6) is 6.77. The van der Waals surface area contributed by atoms with Crippen molar-refractivity contribution in [1.82, 2.24) is 20.0 Å². The fourth-order valence-electron chi connectivity index (χ4n) is 5.68. The van der Waals surface area contributed by atoms with Gasteiger partial charge in [-0.2, -0.15) is 10.2 Å². The van der Waals surface area contributed by atoms with E-state index in [1.165, 1.54) is 16.8 Å². The van der Waals surface area contributed by atoms with Crippen molar-refractivity contribution in [2.45, 2.75) is 30.7 Å². The molecule has 3 aliphatic heterocycles. The van der Waals surface area contributed by atoms with Gasteiger partial charge < -0.3 is 5.32 Å². The Hall–Kier alpha value is -3.75. The maximum Gasteiger partial charge on any atom is 0.159 e. The van der Waals surface area contributed by atoms with Gasteiger partial charge in [0.1, 0.15) is 11.7 Å². The minimum absolute atomic E-state index is 0.114. The van der Waals surface area contributed by atoms with E-state index in [9.17, 15) is 0 Å². The molecule has 0 amide bonds. The lowest BCUT2D eigenvalue weighted by Gasteiger charge is -2.37. The summed E-state index contributed by atoms with van der Waals surface area (Å²) < 4.78 is 0. The van der Waals surface area contributed by atoms with Crippen molar-refractivity contribution in [1.29, 1.82) is 0 Å². The summed E-state index contributed by atoms with van der Waals surface area (Å²) in [6.45, 7) is 2.79. The Balaban J connectivity index is 1.19. The number of fused-ring (bicyclic) bond motifs is 4. The normalized spacial score (nSPS) is 20.2. The zero-order valence-corrected chi connectivity index (χ0v) is 19.4. The Morgan fingerprint density at radius 3 is 2.89 bits per heavy atom. The summed E-state index contributed by atoms with van der Waals surface area (Å²) in [6.07, 6.45) is 6.47. The van der Waals surface area contributed by atoms with Gasteiger partial charge in [0.25, 0.3) is 0 Å². The van der Waals surface area contributed by atoms with Gasteiger partial charge in [-0.3, -0.25) is 10.8 Å². The first kappa shape index (κ1) is 20.6. The van der Waals surface area contributed by atoms with E-state index >= 15 is 0 Å². The van der Waals surface area contributed by atoms with Crippen LogP contribution in [0.2, 0.25) is 0 Å². The van der Waals surface area contributed by atoms with Crippen molar-refractivity contribution < 1.29 is 0 Å². The van der Waals surface area contributed by atoms with Crippen molar-refractivity contribution in [2.24, 2.45) is 16.1 Å². The summed E-state index contributed by atoms with van der Waals surface area (Å²) >= 11 is 0. The lowest BCUT2D eigenvalue weighted by atomic mass is 9.74. The topological polar surface area (TPSA) is 105 Å². The molecule has 8 heteroatoms. The van der Waals surface area contributed by atoms with Gasteiger partial charge in [0.15, 0.2) is 5.82 Å². The molecular weight excluding hydrogens is 436 g/mol. The van der Waals surface area contributed by atoms with Crippen LogP contribution in [0.3, 0.4) is 0 Å². The van der Waals surface area contributed by atoms with Gasteiger partial charge in [-0.15, -0.1) is 0 Å². The molecule has 0 saturated carbocycles. The van der Waals surface area contributed by atoms with Crippen molar-refractivity contribution in [3.63, 3.8) is 0 Å². The van der Waals surface area contributed by atoms with E-state index in [0.29, 0.717) is 0 Å². The summed E-state index contributed by atoms with van der Waals surface area (Å²) in [6, 6.07) is 16.8. The zero-order valence-electron chi connectivity index (χ0n) is 19.4. The summed E-state index contributed by atoms with van der Waals surface area (Å²) in [5, 5.41) is 15.6. The highest BCUT2D eigenvalue weighted by Gasteiger charge is 2.41. The highest BCUT2D eigenvalue weighted by molar-refractivity contribution is 5.79. The highest BCUT2D eigenvalue weighted by atomic mass is 15.4. The van der Waals surface area contributed by atoms with E-state index in [4.69, 9.17) is 10.8 Å². The molecule has 2 aromatic heterocycles.